The van der Waals surface area contributed by atoms with Crippen LogP contribution in [0.3, 0.4) is 0 Å². The molecule has 10 nitrogen and oxygen atoms in total. The Morgan fingerprint density at radius 3 is 2.97 bits per heavy atom. The third-order valence-electron chi connectivity index (χ3n) is 5.78. The van der Waals surface area contributed by atoms with Gasteiger partial charge in [-0.1, -0.05) is 30.3 Å². The number of fused-ring (bicyclic) bond motifs is 1. The van der Waals surface area contributed by atoms with E-state index in [1.807, 2.05) is 36.4 Å². The minimum absolute atomic E-state index is 0.0140. The highest BCUT2D eigenvalue weighted by molar-refractivity contribution is 7.99. The maximum absolute atomic E-state index is 13.1. The molecule has 0 unspecified atom stereocenters. The molecule has 0 spiro atoms. The number of nitrogens with zero attached hydrogens (tertiary/aromatic N) is 4. The van der Waals surface area contributed by atoms with Crippen LogP contribution in [0, 0.1) is 0 Å². The smallest absolute Gasteiger partial charge is 0.291 e. The number of rotatable bonds is 6. The van der Waals surface area contributed by atoms with Gasteiger partial charge in [0.05, 0.1) is 24.5 Å². The Balaban J connectivity index is 1.25. The minimum atomic E-state index is -0.717. The zero-order chi connectivity index (χ0) is 23.5. The summed E-state index contributed by atoms with van der Waals surface area (Å²) in [7, 11) is 1.69. The highest BCUT2D eigenvalue weighted by Gasteiger charge is 2.31. The van der Waals surface area contributed by atoms with Crippen molar-refractivity contribution in [2.45, 2.75) is 29.8 Å². The Bertz CT molecular complexity index is 1180. The van der Waals surface area contributed by atoms with Gasteiger partial charge in [-0.05, 0) is 18.1 Å². The molecule has 5 rings (SSSR count). The third-order valence-corrected chi connectivity index (χ3v) is 6.92. The van der Waals surface area contributed by atoms with Crippen molar-refractivity contribution < 1.29 is 14.3 Å². The van der Waals surface area contributed by atoms with Gasteiger partial charge in [-0.2, -0.15) is 0 Å². The van der Waals surface area contributed by atoms with E-state index in [0.717, 1.165) is 29.3 Å². The quantitative estimate of drug-likeness (QED) is 0.489. The van der Waals surface area contributed by atoms with E-state index in [2.05, 4.69) is 30.8 Å². The van der Waals surface area contributed by atoms with Crippen LogP contribution in [0.25, 0.3) is 0 Å². The summed E-state index contributed by atoms with van der Waals surface area (Å²) in [6.45, 7) is 1.40. The second kappa shape index (κ2) is 9.82. The molecular weight excluding hydrogens is 454 g/mol. The molecule has 2 atom stereocenters. The molecule has 0 radical (unpaired) electrons. The third kappa shape index (κ3) is 4.90. The van der Waals surface area contributed by atoms with Gasteiger partial charge in [0.15, 0.2) is 0 Å². The van der Waals surface area contributed by atoms with Crippen LogP contribution in [0.1, 0.15) is 28.4 Å². The number of anilines is 2. The maximum atomic E-state index is 13.1. The number of nitrogens with one attached hydrogen (secondary N) is 3. The molecule has 2 amide bonds. The van der Waals surface area contributed by atoms with Gasteiger partial charge in [-0.3, -0.25) is 14.7 Å². The summed E-state index contributed by atoms with van der Waals surface area (Å²) in [5.74, 6) is 1.03. The van der Waals surface area contributed by atoms with E-state index in [1.165, 1.54) is 16.7 Å². The van der Waals surface area contributed by atoms with Gasteiger partial charge in [0.2, 0.25) is 11.7 Å². The monoisotopic (exact) mass is 479 g/mol. The van der Waals surface area contributed by atoms with Gasteiger partial charge < -0.3 is 20.3 Å². The molecule has 3 aromatic rings. The summed E-state index contributed by atoms with van der Waals surface area (Å²) in [6.07, 6.45) is 3.16. The number of pyridine rings is 1. The summed E-state index contributed by atoms with van der Waals surface area (Å²) in [5.41, 5.74) is 1.77. The normalized spacial score (nSPS) is 20.0. The average Bonchev–Trinajstić information content (AvgIpc) is 3.52. The van der Waals surface area contributed by atoms with E-state index in [4.69, 9.17) is 4.74 Å². The molecular formula is C23H25N7O3S. The standard InChI is InChI=1S/C23H25N7O3S/c1-30-17-11-24-19(25-15-7-8-33-12-15)10-18(17)34-13-16(23(30)32)26-22(31)21-27-20(28-29-21)9-14-5-3-2-4-6-14/h2-6,10-11,15-16H,7-9,12-13H2,1H3,(H,24,25)(H,26,31)(H,27,28,29)/t15-,16-/m0/s1. The molecule has 1 fully saturated rings. The lowest BCUT2D eigenvalue weighted by Gasteiger charge is -2.21. The Morgan fingerprint density at radius 1 is 1.32 bits per heavy atom. The second-order valence-electron chi connectivity index (χ2n) is 8.24. The number of likely N-dealkylation sites (N-methyl/N-ethyl adjacent to an activating group) is 1. The fourth-order valence-corrected chi connectivity index (χ4v) is 5.03. The van der Waals surface area contributed by atoms with Gasteiger partial charge >= 0.3 is 0 Å². The number of thioether (sulfide) groups is 1. The Labute approximate surface area is 200 Å². The van der Waals surface area contributed by atoms with Gasteiger partial charge in [-0.15, -0.1) is 16.9 Å². The van der Waals surface area contributed by atoms with Crippen molar-refractivity contribution in [2.24, 2.45) is 0 Å². The van der Waals surface area contributed by atoms with Gasteiger partial charge in [-0.25, -0.2) is 9.97 Å². The van der Waals surface area contributed by atoms with Crippen LogP contribution in [-0.2, 0) is 16.0 Å². The van der Waals surface area contributed by atoms with Crippen molar-refractivity contribution in [3.05, 3.63) is 59.8 Å². The molecule has 0 saturated carbocycles. The fraction of sp³-hybridized carbons (Fsp3) is 0.348. The summed E-state index contributed by atoms with van der Waals surface area (Å²) in [4.78, 5) is 37.1. The van der Waals surface area contributed by atoms with Crippen molar-refractivity contribution >= 4 is 35.1 Å². The lowest BCUT2D eigenvalue weighted by Crippen LogP contribution is -2.48. The van der Waals surface area contributed by atoms with E-state index < -0.39 is 11.9 Å². The molecule has 0 bridgehead atoms. The molecule has 11 heteroatoms. The van der Waals surface area contributed by atoms with Crippen LogP contribution in [0.5, 0.6) is 0 Å². The maximum Gasteiger partial charge on any atom is 0.291 e. The predicted molar refractivity (Wildman–Crippen MR) is 128 cm³/mol. The number of benzene rings is 1. The minimum Gasteiger partial charge on any atom is -0.379 e. The molecule has 2 aliphatic heterocycles. The predicted octanol–water partition coefficient (Wildman–Crippen LogP) is 1.86. The molecule has 2 aromatic heterocycles. The SMILES string of the molecule is CN1C(=O)[C@@H](NC(=O)c2n[nH]c(Cc3ccccc3)n2)CSc2cc(N[C@H]3CCOC3)ncc21. The first-order valence-electron chi connectivity index (χ1n) is 11.1. The van der Waals surface area contributed by atoms with Crippen LogP contribution >= 0.6 is 11.8 Å². The summed E-state index contributed by atoms with van der Waals surface area (Å²) in [6, 6.07) is 11.3. The zero-order valence-electron chi connectivity index (χ0n) is 18.7. The Morgan fingerprint density at radius 2 is 2.18 bits per heavy atom. The van der Waals surface area contributed by atoms with Crippen LogP contribution in [0.4, 0.5) is 11.5 Å². The topological polar surface area (TPSA) is 125 Å². The summed E-state index contributed by atoms with van der Waals surface area (Å²) < 4.78 is 5.41. The summed E-state index contributed by atoms with van der Waals surface area (Å²) >= 11 is 1.50. The molecule has 1 aromatic carbocycles. The first-order chi connectivity index (χ1) is 16.6. The molecule has 176 valence electrons. The molecule has 1 saturated heterocycles. The lowest BCUT2D eigenvalue weighted by atomic mass is 10.1. The summed E-state index contributed by atoms with van der Waals surface area (Å²) in [5, 5.41) is 13.0. The van der Waals surface area contributed by atoms with Crippen molar-refractivity contribution in [3.8, 4) is 0 Å². The van der Waals surface area contributed by atoms with Crippen LogP contribution in [-0.4, -0.2) is 70.1 Å². The largest absolute Gasteiger partial charge is 0.379 e. The molecule has 4 heterocycles. The highest BCUT2D eigenvalue weighted by Crippen LogP contribution is 2.35. The number of carbonyl (C=O) groups is 2. The highest BCUT2D eigenvalue weighted by atomic mass is 32.2. The number of aromatic nitrogens is 4. The van der Waals surface area contributed by atoms with E-state index in [9.17, 15) is 9.59 Å². The Kier molecular flexibility index (Phi) is 6.45. The van der Waals surface area contributed by atoms with Crippen LogP contribution in [0.15, 0.2) is 47.5 Å². The zero-order valence-corrected chi connectivity index (χ0v) is 19.5. The Hall–Kier alpha value is -3.44. The van der Waals surface area contributed by atoms with Gasteiger partial charge in [0.1, 0.15) is 17.7 Å². The van der Waals surface area contributed by atoms with Gasteiger partial charge in [0, 0.05) is 30.7 Å². The molecule has 34 heavy (non-hydrogen) atoms. The lowest BCUT2D eigenvalue weighted by molar-refractivity contribution is -0.119. The molecule has 2 aliphatic rings. The second-order valence-corrected chi connectivity index (χ2v) is 9.31. The van der Waals surface area contributed by atoms with Crippen LogP contribution in [0.2, 0.25) is 0 Å². The van der Waals surface area contributed by atoms with Crippen molar-refractivity contribution in [2.75, 3.05) is 36.2 Å². The van der Waals surface area contributed by atoms with E-state index in [1.54, 1.807) is 13.2 Å². The number of carbonyl (C=O) groups excluding carboxylic acids is 2. The number of ether oxygens (including phenoxy) is 1. The number of hydrogen-bond donors (Lipinski definition) is 3. The van der Waals surface area contributed by atoms with E-state index >= 15 is 0 Å². The number of amides is 2. The van der Waals surface area contributed by atoms with Crippen molar-refractivity contribution in [1.82, 2.24) is 25.5 Å². The fourth-order valence-electron chi connectivity index (χ4n) is 3.92. The van der Waals surface area contributed by atoms with Gasteiger partial charge in [0.25, 0.3) is 5.91 Å². The molecule has 0 aliphatic carbocycles. The average molecular weight is 480 g/mol. The first-order valence-corrected chi connectivity index (χ1v) is 12.1. The van der Waals surface area contributed by atoms with Crippen LogP contribution < -0.4 is 15.5 Å². The number of hydrogen-bond acceptors (Lipinski definition) is 8. The first kappa shape index (κ1) is 22.4. The molecule has 3 N–H and O–H groups in total. The van der Waals surface area contributed by atoms with E-state index in [-0.39, 0.29) is 17.8 Å². The number of H-pyrrole nitrogens is 1. The van der Waals surface area contributed by atoms with E-state index in [0.29, 0.717) is 30.3 Å². The van der Waals surface area contributed by atoms with Crippen molar-refractivity contribution in [3.63, 3.8) is 0 Å². The van der Waals surface area contributed by atoms with Crippen molar-refractivity contribution in [1.29, 1.82) is 0 Å². The number of aromatic amines is 1.